The van der Waals surface area contributed by atoms with Crippen LogP contribution in [0.5, 0.6) is 11.5 Å². The molecule has 1 saturated carbocycles. The van der Waals surface area contributed by atoms with E-state index in [0.717, 1.165) is 37.8 Å². The number of aromatic nitrogens is 2. The van der Waals surface area contributed by atoms with Crippen LogP contribution in [0.15, 0.2) is 54.6 Å². The molecular formula is C54H59ClF4N8O7. The molecule has 10 rings (SSSR count). The van der Waals surface area contributed by atoms with Crippen molar-refractivity contribution in [2.24, 2.45) is 24.6 Å². The van der Waals surface area contributed by atoms with Gasteiger partial charge in [-0.2, -0.15) is 5.10 Å². The molecular weight excluding hydrogens is 984 g/mol. The first-order valence-electron chi connectivity index (χ1n) is 25.4. The highest BCUT2D eigenvalue weighted by atomic mass is 35.5. The van der Waals surface area contributed by atoms with E-state index < -0.39 is 64.3 Å². The number of amides is 5. The third kappa shape index (κ3) is 9.34. The number of nitrogens with two attached hydrogens (primary N) is 1. The van der Waals surface area contributed by atoms with E-state index >= 15 is 17.6 Å². The molecule has 392 valence electrons. The highest BCUT2D eigenvalue weighted by Gasteiger charge is 2.50. The first kappa shape index (κ1) is 51.2. The van der Waals surface area contributed by atoms with Crippen LogP contribution in [0.4, 0.5) is 28.2 Å². The van der Waals surface area contributed by atoms with Gasteiger partial charge in [0.05, 0.1) is 22.6 Å². The lowest BCUT2D eigenvalue weighted by molar-refractivity contribution is -0.138. The summed E-state index contributed by atoms with van der Waals surface area (Å²) < 4.78 is 78.1. The van der Waals surface area contributed by atoms with Crippen LogP contribution in [0.2, 0.25) is 5.02 Å². The Morgan fingerprint density at radius 1 is 0.932 bits per heavy atom. The van der Waals surface area contributed by atoms with E-state index in [4.69, 9.17) is 26.8 Å². The molecule has 3 saturated heterocycles. The van der Waals surface area contributed by atoms with Crippen molar-refractivity contribution >= 4 is 52.1 Å². The van der Waals surface area contributed by atoms with Crippen LogP contribution < -0.4 is 30.7 Å². The number of urea groups is 1. The lowest BCUT2D eigenvalue weighted by Gasteiger charge is -2.39. The van der Waals surface area contributed by atoms with Crippen molar-refractivity contribution in [2.45, 2.75) is 81.8 Å². The predicted molar refractivity (Wildman–Crippen MR) is 268 cm³/mol. The number of imide groups is 1. The Labute approximate surface area is 430 Å². The third-order valence-corrected chi connectivity index (χ3v) is 16.4. The fourth-order valence-corrected chi connectivity index (χ4v) is 12.5. The van der Waals surface area contributed by atoms with Crippen LogP contribution in [0.3, 0.4) is 0 Å². The summed E-state index contributed by atoms with van der Waals surface area (Å²) in [4.78, 5) is 56.5. The predicted octanol–water partition coefficient (Wildman–Crippen LogP) is 7.63. The van der Waals surface area contributed by atoms with E-state index in [1.807, 2.05) is 42.2 Å². The highest BCUT2D eigenvalue weighted by molar-refractivity contribution is 6.34. The molecule has 1 aromatic heterocycles. The second-order valence-corrected chi connectivity index (χ2v) is 20.8. The molecule has 5 heterocycles. The maximum Gasteiger partial charge on any atom is 0.329 e. The molecule has 15 nitrogen and oxygen atoms in total. The van der Waals surface area contributed by atoms with Gasteiger partial charge in [0.25, 0.3) is 0 Å². The van der Waals surface area contributed by atoms with Gasteiger partial charge in [-0.3, -0.25) is 29.3 Å². The van der Waals surface area contributed by atoms with Crippen molar-refractivity contribution in [1.29, 1.82) is 0 Å². The van der Waals surface area contributed by atoms with Crippen molar-refractivity contribution < 1.29 is 51.3 Å². The molecule has 5 amide bonds. The Morgan fingerprint density at radius 2 is 1.68 bits per heavy atom. The lowest BCUT2D eigenvalue weighted by Crippen LogP contribution is -2.49. The van der Waals surface area contributed by atoms with Crippen LogP contribution in [0, 0.1) is 35.1 Å². The van der Waals surface area contributed by atoms with Gasteiger partial charge in [0.1, 0.15) is 29.5 Å². The van der Waals surface area contributed by atoms with Gasteiger partial charge >= 0.3 is 6.03 Å². The summed E-state index contributed by atoms with van der Waals surface area (Å²) in [5.74, 6) is -5.28. The first-order valence-corrected chi connectivity index (χ1v) is 25.8. The maximum atomic E-state index is 16.5. The second kappa shape index (κ2) is 20.8. The summed E-state index contributed by atoms with van der Waals surface area (Å²) in [5, 5.41) is 19.4. The fourth-order valence-electron chi connectivity index (χ4n) is 12.2. The number of nitrogens with one attached hydrogen (secondary N) is 2. The van der Waals surface area contributed by atoms with Gasteiger partial charge in [-0.05, 0) is 81.2 Å². The van der Waals surface area contributed by atoms with Gasteiger partial charge in [0.2, 0.25) is 17.7 Å². The normalized spacial score (nSPS) is 23.6. The molecule has 74 heavy (non-hydrogen) atoms. The summed E-state index contributed by atoms with van der Waals surface area (Å²) in [6.07, 6.45) is 5.10. The number of nitrogens with zero attached hydrogens (tertiary/aromatic N) is 5. The maximum absolute atomic E-state index is 16.5. The van der Waals surface area contributed by atoms with Crippen molar-refractivity contribution in [1.82, 2.24) is 30.2 Å². The molecule has 1 aliphatic carbocycles. The van der Waals surface area contributed by atoms with E-state index in [1.54, 1.807) is 7.05 Å². The number of benzene rings is 4. The summed E-state index contributed by atoms with van der Waals surface area (Å²) >= 11 is 6.71. The molecule has 0 unspecified atom stereocenters. The average Bonchev–Trinajstić information content (AvgIpc) is 4.08. The molecule has 5 N–H and O–H groups in total. The van der Waals surface area contributed by atoms with Crippen LogP contribution in [0.1, 0.15) is 97.2 Å². The zero-order chi connectivity index (χ0) is 52.2. The van der Waals surface area contributed by atoms with Gasteiger partial charge in [0, 0.05) is 105 Å². The number of aryl methyl sites for hydroxylation is 1. The van der Waals surface area contributed by atoms with Crippen molar-refractivity contribution in [3.8, 4) is 22.6 Å². The van der Waals surface area contributed by atoms with Crippen molar-refractivity contribution in [3.05, 3.63) is 105 Å². The molecule has 5 aliphatic rings. The van der Waals surface area contributed by atoms with E-state index in [2.05, 4.69) is 20.6 Å². The standard InChI is InChI=1S/C54H59ClF4N8O7/c1-29-42-40(25-38(57)46(55)45(42)44-35(50(60)70)12-13-39(47(44)58)73-23-22-68)74-54(29,33-6-4-3-5-7-33)28-61-34-10-8-31(9-11-34)52(71)66-19-14-30(15-20-66)26-65-18-16-32(27-65)43-37(56)24-36-49(48(43)59)64(2)63-51(36)67-21-17-41(69)62-53(67)72/h3-7,12-13,24-25,29-32,34,61,68H,8-11,14-23,26-28H2,1-2H3,(H2,60,70)(H,62,69,72)/t29-,31?,32+,34?,54-/m0/s1. The van der Waals surface area contributed by atoms with Gasteiger partial charge in [-0.25, -0.2) is 22.4 Å². The number of primary amides is 1. The van der Waals surface area contributed by atoms with Crippen LogP contribution >= 0.6 is 11.6 Å². The second-order valence-electron chi connectivity index (χ2n) is 20.4. The number of likely N-dealkylation sites (tertiary alicyclic amines) is 2. The molecule has 4 aliphatic heterocycles. The SMILES string of the molecule is C[C@H]1c2c(cc(F)c(Cl)c2-c2c(C(N)=O)ccc(OCCO)c2F)O[C@]1(CNC1CCC(C(=O)N2CCC(CN3CC[C@@H](c4c(F)cc5c(N6CCC(=O)NC6=O)nn(C)c5c4F)C3)CC2)CC1)c1ccccc1. The number of anilines is 1. The molecule has 0 radical (unpaired) electrons. The number of carbonyl (C=O) groups excluding carboxylic acids is 4. The summed E-state index contributed by atoms with van der Waals surface area (Å²) in [7, 11) is 1.55. The van der Waals surface area contributed by atoms with Crippen LogP contribution in [-0.4, -0.2) is 114 Å². The number of piperidine rings is 1. The Balaban J connectivity index is 0.755. The lowest BCUT2D eigenvalue weighted by atomic mass is 9.77. The van der Waals surface area contributed by atoms with Gasteiger partial charge < -0.3 is 35.4 Å². The Hall–Kier alpha value is -6.28. The summed E-state index contributed by atoms with van der Waals surface area (Å²) in [6.45, 7) is 4.79. The van der Waals surface area contributed by atoms with E-state index in [9.17, 15) is 24.3 Å². The number of fused-ring (bicyclic) bond motifs is 2. The van der Waals surface area contributed by atoms with Gasteiger partial charge in [0.15, 0.2) is 28.8 Å². The number of hydrogen-bond donors (Lipinski definition) is 4. The number of hydrogen-bond acceptors (Lipinski definition) is 10. The molecule has 3 atom stereocenters. The van der Waals surface area contributed by atoms with Gasteiger partial charge in [-0.1, -0.05) is 48.9 Å². The zero-order valence-electron chi connectivity index (χ0n) is 41.2. The van der Waals surface area contributed by atoms with Crippen molar-refractivity contribution in [3.63, 3.8) is 0 Å². The largest absolute Gasteiger partial charge is 0.488 e. The number of rotatable bonds is 14. The number of aliphatic hydroxyl groups excluding tert-OH is 1. The van der Waals surface area contributed by atoms with E-state index in [1.165, 1.54) is 33.8 Å². The Bertz CT molecular complexity index is 3020. The minimum atomic E-state index is -1.14. The Morgan fingerprint density at radius 3 is 2.38 bits per heavy atom. The van der Waals surface area contributed by atoms with Crippen molar-refractivity contribution in [2.75, 3.05) is 63.9 Å². The first-order chi connectivity index (χ1) is 35.6. The molecule has 0 spiro atoms. The molecule has 0 bridgehead atoms. The quantitative estimate of drug-likeness (QED) is 0.0807. The monoisotopic (exact) mass is 1040 g/mol. The summed E-state index contributed by atoms with van der Waals surface area (Å²) in [6, 6.07) is 13.7. The third-order valence-electron chi connectivity index (χ3n) is 16.1. The van der Waals surface area contributed by atoms with E-state index in [-0.39, 0.29) is 100 Å². The Kier molecular flexibility index (Phi) is 14.4. The number of halogens is 5. The van der Waals surface area contributed by atoms with Gasteiger partial charge in [-0.15, -0.1) is 0 Å². The minimum absolute atomic E-state index is 0.0147. The minimum Gasteiger partial charge on any atom is -0.488 e. The molecule has 4 fully saturated rings. The number of ether oxygens (including phenoxy) is 2. The average molecular weight is 1040 g/mol. The fraction of sp³-hybridized carbons (Fsp3) is 0.463. The number of carbonyl (C=O) groups is 4. The smallest absolute Gasteiger partial charge is 0.329 e. The van der Waals surface area contributed by atoms with Crippen LogP contribution in [-0.2, 0) is 22.2 Å². The molecule has 5 aromatic rings. The molecule has 4 aromatic carbocycles. The topological polar surface area (TPSA) is 185 Å². The summed E-state index contributed by atoms with van der Waals surface area (Å²) in [5.41, 5.74) is 5.26. The van der Waals surface area contributed by atoms with E-state index in [0.29, 0.717) is 56.9 Å². The highest BCUT2D eigenvalue weighted by Crippen LogP contribution is 2.56. The molecule has 20 heteroatoms. The van der Waals surface area contributed by atoms with Crippen LogP contribution in [0.25, 0.3) is 22.0 Å². The zero-order valence-corrected chi connectivity index (χ0v) is 42.0. The number of aliphatic hydroxyl groups is 1.